The zero-order valence-corrected chi connectivity index (χ0v) is 18.1. The minimum absolute atomic E-state index is 0.0166. The molecule has 0 spiro atoms. The van der Waals surface area contributed by atoms with E-state index in [1.807, 2.05) is 56.3 Å². The molecule has 0 saturated heterocycles. The van der Waals surface area contributed by atoms with Crippen LogP contribution in [0.5, 0.6) is 0 Å². The summed E-state index contributed by atoms with van der Waals surface area (Å²) >= 11 is 0. The van der Waals surface area contributed by atoms with Crippen molar-refractivity contribution in [2.45, 2.75) is 26.8 Å². The Morgan fingerprint density at radius 1 is 1.12 bits per heavy atom. The van der Waals surface area contributed by atoms with E-state index in [0.717, 1.165) is 22.1 Å². The van der Waals surface area contributed by atoms with Crippen molar-refractivity contribution in [3.05, 3.63) is 91.8 Å². The van der Waals surface area contributed by atoms with Crippen LogP contribution in [0, 0.1) is 13.8 Å². The van der Waals surface area contributed by atoms with Gasteiger partial charge in [0.1, 0.15) is 11.4 Å². The van der Waals surface area contributed by atoms with Gasteiger partial charge in [0.05, 0.1) is 19.2 Å². The lowest BCUT2D eigenvalue weighted by molar-refractivity contribution is -0.117. The number of rotatable bonds is 5. The number of amides is 1. The number of nitrogen functional groups attached to an aromatic ring is 1. The van der Waals surface area contributed by atoms with Crippen molar-refractivity contribution in [3.8, 4) is 0 Å². The van der Waals surface area contributed by atoms with Gasteiger partial charge >= 0.3 is 5.69 Å². The molecule has 8 heteroatoms. The molecule has 164 valence electrons. The quantitative estimate of drug-likeness (QED) is 0.503. The van der Waals surface area contributed by atoms with Crippen LogP contribution in [-0.4, -0.2) is 22.5 Å². The Morgan fingerprint density at radius 3 is 2.53 bits per heavy atom. The van der Waals surface area contributed by atoms with E-state index < -0.39 is 11.2 Å². The van der Waals surface area contributed by atoms with Gasteiger partial charge in [0.25, 0.3) is 5.56 Å². The van der Waals surface area contributed by atoms with Gasteiger partial charge in [-0.05, 0) is 42.7 Å². The van der Waals surface area contributed by atoms with Gasteiger partial charge in [-0.25, -0.2) is 4.79 Å². The number of furan rings is 1. The first kappa shape index (κ1) is 21.2. The number of likely N-dealkylation sites (N-methyl/N-ethyl adjacent to an activating group) is 1. The molecule has 4 aromatic rings. The van der Waals surface area contributed by atoms with Crippen molar-refractivity contribution in [1.29, 1.82) is 0 Å². The van der Waals surface area contributed by atoms with E-state index in [1.54, 1.807) is 6.26 Å². The molecular formula is C24H24N4O4. The van der Waals surface area contributed by atoms with E-state index in [-0.39, 0.29) is 30.4 Å². The van der Waals surface area contributed by atoms with Crippen molar-refractivity contribution in [2.75, 3.05) is 17.7 Å². The summed E-state index contributed by atoms with van der Waals surface area (Å²) in [5.74, 6) is -0.421. The second-order valence-electron chi connectivity index (χ2n) is 7.89. The topological polar surface area (TPSA) is 114 Å². The number of hydrogen-bond acceptors (Lipinski definition) is 5. The number of nitrogens with one attached hydrogen (secondary N) is 1. The number of fused-ring (bicyclic) bond motifs is 1. The Labute approximate surface area is 183 Å². The fourth-order valence-corrected chi connectivity index (χ4v) is 3.70. The minimum atomic E-state index is -0.712. The molecule has 0 saturated carbocycles. The number of aromatic amines is 1. The normalized spacial score (nSPS) is 11.1. The Balaban J connectivity index is 1.67. The molecule has 0 atom stereocenters. The van der Waals surface area contributed by atoms with Gasteiger partial charge in [-0.15, -0.1) is 0 Å². The average Bonchev–Trinajstić information content (AvgIpc) is 3.13. The fourth-order valence-electron chi connectivity index (χ4n) is 3.70. The third kappa shape index (κ3) is 3.82. The SMILES string of the molecule is Cc1cc2occ(CC(=O)N(C)c3c(N)n(Cc4ccccc4)c(=O)[nH]c3=O)c2cc1C. The van der Waals surface area contributed by atoms with Crippen LogP contribution in [0.3, 0.4) is 0 Å². The highest BCUT2D eigenvalue weighted by atomic mass is 16.3. The first-order valence-corrected chi connectivity index (χ1v) is 10.2. The number of aromatic nitrogens is 2. The van der Waals surface area contributed by atoms with Gasteiger partial charge in [0.2, 0.25) is 5.91 Å². The molecule has 3 N–H and O–H groups in total. The van der Waals surface area contributed by atoms with E-state index in [1.165, 1.54) is 16.5 Å². The van der Waals surface area contributed by atoms with Crippen LogP contribution in [0.15, 0.2) is 62.7 Å². The Hall–Kier alpha value is -4.07. The van der Waals surface area contributed by atoms with Crippen LogP contribution in [-0.2, 0) is 17.8 Å². The monoisotopic (exact) mass is 432 g/mol. The molecule has 0 aliphatic heterocycles. The largest absolute Gasteiger partial charge is 0.464 e. The predicted octanol–water partition coefficient (Wildman–Crippen LogP) is 2.74. The third-order valence-corrected chi connectivity index (χ3v) is 5.72. The number of aryl methyl sites for hydroxylation is 2. The van der Waals surface area contributed by atoms with Crippen molar-refractivity contribution in [2.24, 2.45) is 0 Å². The fraction of sp³-hybridized carbons (Fsp3) is 0.208. The molecule has 0 unspecified atom stereocenters. The summed E-state index contributed by atoms with van der Waals surface area (Å²) < 4.78 is 6.86. The molecule has 32 heavy (non-hydrogen) atoms. The molecule has 8 nitrogen and oxygen atoms in total. The van der Waals surface area contributed by atoms with Gasteiger partial charge in [-0.3, -0.25) is 19.1 Å². The summed E-state index contributed by atoms with van der Waals surface area (Å²) in [7, 11) is 1.47. The minimum Gasteiger partial charge on any atom is -0.464 e. The van der Waals surface area contributed by atoms with E-state index in [2.05, 4.69) is 4.98 Å². The average molecular weight is 432 g/mol. The number of carbonyl (C=O) groups is 1. The van der Waals surface area contributed by atoms with Gasteiger partial charge in [-0.2, -0.15) is 0 Å². The maximum Gasteiger partial charge on any atom is 0.330 e. The number of nitrogens with two attached hydrogens (primary N) is 1. The standard InChI is InChI=1S/C24H24N4O4/c1-14-9-18-17(13-32-19(18)10-15(14)2)11-20(29)27(3)21-22(25)28(24(31)26-23(21)30)12-16-7-5-4-6-8-16/h4-10,13H,11-12,25H2,1-3H3,(H,26,30,31). The molecule has 2 heterocycles. The number of hydrogen-bond donors (Lipinski definition) is 2. The predicted molar refractivity (Wildman–Crippen MR) is 124 cm³/mol. The molecular weight excluding hydrogens is 408 g/mol. The number of H-pyrrole nitrogens is 1. The van der Waals surface area contributed by atoms with Crippen molar-refractivity contribution in [1.82, 2.24) is 9.55 Å². The van der Waals surface area contributed by atoms with E-state index in [9.17, 15) is 14.4 Å². The van der Waals surface area contributed by atoms with Crippen molar-refractivity contribution < 1.29 is 9.21 Å². The van der Waals surface area contributed by atoms with Gasteiger partial charge in [0, 0.05) is 18.0 Å². The lowest BCUT2D eigenvalue weighted by atomic mass is 10.0. The first-order valence-electron chi connectivity index (χ1n) is 10.2. The zero-order chi connectivity index (χ0) is 23.0. The van der Waals surface area contributed by atoms with Crippen molar-refractivity contribution >= 4 is 28.4 Å². The molecule has 0 fully saturated rings. The van der Waals surface area contributed by atoms with Gasteiger partial charge < -0.3 is 15.1 Å². The molecule has 0 aliphatic rings. The number of nitrogens with zero attached hydrogens (tertiary/aromatic N) is 2. The van der Waals surface area contributed by atoms with Gasteiger partial charge in [0.15, 0.2) is 5.69 Å². The lowest BCUT2D eigenvalue weighted by Gasteiger charge is -2.20. The third-order valence-electron chi connectivity index (χ3n) is 5.72. The highest BCUT2D eigenvalue weighted by Gasteiger charge is 2.22. The highest BCUT2D eigenvalue weighted by molar-refractivity contribution is 5.98. The molecule has 0 aliphatic carbocycles. The second kappa shape index (κ2) is 8.22. The summed E-state index contributed by atoms with van der Waals surface area (Å²) in [6.07, 6.45) is 1.57. The Bertz CT molecular complexity index is 1430. The van der Waals surface area contributed by atoms with Crippen LogP contribution in [0.25, 0.3) is 11.0 Å². The molecule has 0 radical (unpaired) electrons. The summed E-state index contributed by atoms with van der Waals surface area (Å²) in [5, 5.41) is 0.853. The smallest absolute Gasteiger partial charge is 0.330 e. The van der Waals surface area contributed by atoms with Crippen LogP contribution in [0.4, 0.5) is 11.5 Å². The maximum atomic E-state index is 13.1. The van der Waals surface area contributed by atoms with Crippen molar-refractivity contribution in [3.63, 3.8) is 0 Å². The number of carbonyl (C=O) groups excluding carboxylic acids is 1. The molecule has 2 aromatic carbocycles. The van der Waals surface area contributed by atoms with Crippen LogP contribution in [0.2, 0.25) is 0 Å². The summed E-state index contributed by atoms with van der Waals surface area (Å²) in [4.78, 5) is 41.4. The lowest BCUT2D eigenvalue weighted by Crippen LogP contribution is -2.39. The van der Waals surface area contributed by atoms with Gasteiger partial charge in [-0.1, -0.05) is 30.3 Å². The number of benzene rings is 2. The van der Waals surface area contributed by atoms with Crippen LogP contribution in [0.1, 0.15) is 22.3 Å². The van der Waals surface area contributed by atoms with E-state index in [0.29, 0.717) is 11.1 Å². The molecule has 4 rings (SSSR count). The van der Waals surface area contributed by atoms with Crippen LogP contribution >= 0.6 is 0 Å². The molecule has 2 aromatic heterocycles. The number of anilines is 2. The summed E-state index contributed by atoms with van der Waals surface area (Å²) in [6, 6.07) is 13.2. The Kier molecular flexibility index (Phi) is 5.44. The first-order chi connectivity index (χ1) is 15.3. The highest BCUT2D eigenvalue weighted by Crippen LogP contribution is 2.26. The second-order valence-corrected chi connectivity index (χ2v) is 7.89. The summed E-state index contributed by atoms with van der Waals surface area (Å²) in [6.45, 7) is 4.16. The zero-order valence-electron chi connectivity index (χ0n) is 18.1. The van der Waals surface area contributed by atoms with E-state index >= 15 is 0 Å². The molecule has 0 bridgehead atoms. The van der Waals surface area contributed by atoms with E-state index in [4.69, 9.17) is 10.2 Å². The maximum absolute atomic E-state index is 13.1. The summed E-state index contributed by atoms with van der Waals surface area (Å²) in [5.41, 5.74) is 9.24. The molecule has 1 amide bonds. The Morgan fingerprint density at radius 2 is 1.81 bits per heavy atom. The van der Waals surface area contributed by atoms with Crippen LogP contribution < -0.4 is 21.9 Å².